The number of thiophene rings is 1. The summed E-state index contributed by atoms with van der Waals surface area (Å²) in [6, 6.07) is 6.95. The van der Waals surface area contributed by atoms with E-state index < -0.39 is 6.04 Å². The first kappa shape index (κ1) is 28.6. The first-order valence-corrected chi connectivity index (χ1v) is 14.4. The quantitative estimate of drug-likeness (QED) is 0.570. The Hall–Kier alpha value is -1.42. The molecule has 2 aromatic rings. The second-order valence-electron chi connectivity index (χ2n) is 10.5. The smallest absolute Gasteiger partial charge is 0.262 e. The van der Waals surface area contributed by atoms with E-state index >= 15 is 0 Å². The zero-order valence-electron chi connectivity index (χ0n) is 21.5. The minimum atomic E-state index is -0.565. The van der Waals surface area contributed by atoms with Gasteiger partial charge in [0.25, 0.3) is 5.91 Å². The highest BCUT2D eigenvalue weighted by molar-refractivity contribution is 7.20. The maximum Gasteiger partial charge on any atom is 0.262 e. The molecule has 3 fully saturated rings. The van der Waals surface area contributed by atoms with Crippen molar-refractivity contribution in [3.8, 4) is 0 Å². The Morgan fingerprint density at radius 3 is 2.35 bits per heavy atom. The van der Waals surface area contributed by atoms with Crippen molar-refractivity contribution in [2.75, 3.05) is 66.1 Å². The molecule has 204 valence electrons. The Balaban J connectivity index is 0.00000320. The summed E-state index contributed by atoms with van der Waals surface area (Å²) in [4.78, 5) is 34.2. The first-order valence-electron chi connectivity index (χ1n) is 13.2. The van der Waals surface area contributed by atoms with Crippen LogP contribution in [0.15, 0.2) is 24.3 Å². The number of nitrogens with zero attached hydrogens (tertiary/aromatic N) is 3. The second kappa shape index (κ2) is 13.1. The maximum absolute atomic E-state index is 13.7. The zero-order valence-corrected chi connectivity index (χ0v) is 23.9. The fraction of sp³-hybridized carbons (Fsp3) is 0.630. The van der Waals surface area contributed by atoms with E-state index in [4.69, 9.17) is 16.3 Å². The number of likely N-dealkylation sites (tertiary alicyclic amines) is 2. The van der Waals surface area contributed by atoms with E-state index in [0.717, 1.165) is 55.0 Å². The van der Waals surface area contributed by atoms with E-state index in [1.807, 2.05) is 29.2 Å². The van der Waals surface area contributed by atoms with Crippen LogP contribution in [0.25, 0.3) is 10.1 Å². The van der Waals surface area contributed by atoms with Crippen LogP contribution in [0.4, 0.5) is 0 Å². The molecule has 0 bridgehead atoms. The molecule has 0 spiro atoms. The standard InChI is InChI=1S/C27H37ClN4O3S.ClH/c1-30-8-4-19(5-9-30)20-6-10-32(11-7-20)27(34)23(18-31-12-14-35-15-13-31)29-26(33)25-16-21-2-3-22(28)17-24(21)36-25;/h2-3,16-17,19-20,23H,4-15,18H2,1H3,(H,29,33);1H/t23-;/m1./s1. The summed E-state index contributed by atoms with van der Waals surface area (Å²) in [6.45, 7) is 7.32. The number of nitrogens with one attached hydrogen (secondary N) is 1. The predicted molar refractivity (Wildman–Crippen MR) is 152 cm³/mol. The number of carbonyl (C=O) groups is 2. The summed E-state index contributed by atoms with van der Waals surface area (Å²) in [6.07, 6.45) is 4.67. The first-order chi connectivity index (χ1) is 17.5. The summed E-state index contributed by atoms with van der Waals surface area (Å²) in [5.41, 5.74) is 0. The van der Waals surface area contributed by atoms with Crippen LogP contribution in [0.1, 0.15) is 35.4 Å². The zero-order chi connectivity index (χ0) is 25.1. The van der Waals surface area contributed by atoms with Gasteiger partial charge < -0.3 is 19.9 Å². The number of fused-ring (bicyclic) bond motifs is 1. The number of piperidine rings is 2. The van der Waals surface area contributed by atoms with E-state index in [2.05, 4.69) is 22.2 Å². The van der Waals surface area contributed by atoms with Crippen molar-refractivity contribution in [2.45, 2.75) is 31.7 Å². The molecule has 5 rings (SSSR count). The Morgan fingerprint density at radius 2 is 1.68 bits per heavy atom. The van der Waals surface area contributed by atoms with Crippen molar-refractivity contribution in [3.63, 3.8) is 0 Å². The van der Waals surface area contributed by atoms with Crippen molar-refractivity contribution in [2.24, 2.45) is 11.8 Å². The number of amides is 2. The molecular weight excluding hydrogens is 531 g/mol. The molecule has 3 aliphatic rings. The number of hydrogen-bond donors (Lipinski definition) is 1. The van der Waals surface area contributed by atoms with Gasteiger partial charge >= 0.3 is 0 Å². The Bertz CT molecular complexity index is 1060. The molecule has 1 aromatic heterocycles. The Kier molecular flexibility index (Phi) is 10.1. The lowest BCUT2D eigenvalue weighted by atomic mass is 9.79. The molecule has 0 saturated carbocycles. The lowest BCUT2D eigenvalue weighted by Crippen LogP contribution is -2.56. The Morgan fingerprint density at radius 1 is 1.03 bits per heavy atom. The molecule has 1 atom stereocenters. The third kappa shape index (κ3) is 7.16. The summed E-state index contributed by atoms with van der Waals surface area (Å²) < 4.78 is 6.46. The van der Waals surface area contributed by atoms with Crippen LogP contribution in [0.2, 0.25) is 5.02 Å². The van der Waals surface area contributed by atoms with E-state index in [0.29, 0.717) is 35.6 Å². The van der Waals surface area contributed by atoms with Gasteiger partial charge in [0, 0.05) is 42.4 Å². The number of rotatable bonds is 6. The normalized spacial score (nSPS) is 21.5. The third-order valence-electron chi connectivity index (χ3n) is 8.13. The predicted octanol–water partition coefficient (Wildman–Crippen LogP) is 3.99. The largest absolute Gasteiger partial charge is 0.379 e. The van der Waals surface area contributed by atoms with E-state index in [1.54, 1.807) is 0 Å². The van der Waals surface area contributed by atoms with Gasteiger partial charge in [-0.1, -0.05) is 17.7 Å². The van der Waals surface area contributed by atoms with Crippen LogP contribution in [0, 0.1) is 11.8 Å². The second-order valence-corrected chi connectivity index (χ2v) is 12.1. The van der Waals surface area contributed by atoms with Gasteiger partial charge in [0.05, 0.1) is 18.1 Å². The van der Waals surface area contributed by atoms with Gasteiger partial charge in [0.2, 0.25) is 5.91 Å². The summed E-state index contributed by atoms with van der Waals surface area (Å²) in [5, 5.41) is 4.73. The lowest BCUT2D eigenvalue weighted by molar-refractivity contribution is -0.135. The number of ether oxygens (including phenoxy) is 1. The van der Waals surface area contributed by atoms with E-state index in [-0.39, 0.29) is 24.2 Å². The number of halogens is 2. The highest BCUT2D eigenvalue weighted by Crippen LogP contribution is 2.32. The average molecular weight is 570 g/mol. The Labute approximate surface area is 234 Å². The SMILES string of the molecule is CN1CCC(C2CCN(C(=O)[C@@H](CN3CCOCC3)NC(=O)c3cc4ccc(Cl)cc4s3)CC2)CC1.Cl. The van der Waals surface area contributed by atoms with Crippen molar-refractivity contribution in [1.82, 2.24) is 20.0 Å². The number of carbonyl (C=O) groups excluding carboxylic acids is 2. The molecule has 2 amide bonds. The molecule has 7 nitrogen and oxygen atoms in total. The fourth-order valence-electron chi connectivity index (χ4n) is 5.89. The molecule has 0 unspecified atom stereocenters. The molecule has 10 heteroatoms. The van der Waals surface area contributed by atoms with Crippen molar-refractivity contribution in [3.05, 3.63) is 34.2 Å². The summed E-state index contributed by atoms with van der Waals surface area (Å²) in [5.74, 6) is 1.34. The van der Waals surface area contributed by atoms with Crippen molar-refractivity contribution >= 4 is 57.2 Å². The molecule has 3 aliphatic heterocycles. The van der Waals surface area contributed by atoms with Gasteiger partial charge in [-0.05, 0) is 81.2 Å². The van der Waals surface area contributed by atoms with Gasteiger partial charge in [-0.15, -0.1) is 23.7 Å². The number of benzene rings is 1. The van der Waals surface area contributed by atoms with Gasteiger partial charge in [0.1, 0.15) is 6.04 Å². The minimum Gasteiger partial charge on any atom is -0.379 e. The van der Waals surface area contributed by atoms with E-state index in [9.17, 15) is 9.59 Å². The highest BCUT2D eigenvalue weighted by Gasteiger charge is 2.34. The summed E-state index contributed by atoms with van der Waals surface area (Å²) in [7, 11) is 2.20. The van der Waals surface area contributed by atoms with Crippen molar-refractivity contribution < 1.29 is 14.3 Å². The number of morpholine rings is 1. The average Bonchev–Trinajstić information content (AvgIpc) is 3.32. The van der Waals surface area contributed by atoms with Crippen molar-refractivity contribution in [1.29, 1.82) is 0 Å². The minimum absolute atomic E-state index is 0. The van der Waals surface area contributed by atoms with Gasteiger partial charge in [-0.2, -0.15) is 0 Å². The van der Waals surface area contributed by atoms with Crippen LogP contribution in [0.5, 0.6) is 0 Å². The highest BCUT2D eigenvalue weighted by atomic mass is 35.5. The topological polar surface area (TPSA) is 65.1 Å². The molecule has 1 aromatic carbocycles. The molecule has 1 N–H and O–H groups in total. The molecule has 0 radical (unpaired) electrons. The van der Waals surface area contributed by atoms with Gasteiger partial charge in [-0.25, -0.2) is 0 Å². The van der Waals surface area contributed by atoms with Gasteiger partial charge in [-0.3, -0.25) is 14.5 Å². The monoisotopic (exact) mass is 568 g/mol. The van der Waals surface area contributed by atoms with Crippen LogP contribution < -0.4 is 5.32 Å². The maximum atomic E-state index is 13.7. The van der Waals surface area contributed by atoms with Crippen LogP contribution in [-0.4, -0.2) is 98.6 Å². The van der Waals surface area contributed by atoms with Gasteiger partial charge in [0.15, 0.2) is 0 Å². The number of hydrogen-bond acceptors (Lipinski definition) is 6. The third-order valence-corrected chi connectivity index (χ3v) is 9.47. The molecule has 3 saturated heterocycles. The lowest BCUT2D eigenvalue weighted by Gasteiger charge is -2.40. The molecular formula is C27H38Cl2N4O3S. The molecule has 37 heavy (non-hydrogen) atoms. The fourth-order valence-corrected chi connectivity index (χ4v) is 7.13. The van der Waals surface area contributed by atoms with E-state index in [1.165, 1.54) is 37.3 Å². The summed E-state index contributed by atoms with van der Waals surface area (Å²) >= 11 is 7.54. The molecule has 4 heterocycles. The van der Waals surface area contributed by atoms with Crippen LogP contribution in [-0.2, 0) is 9.53 Å². The molecule has 0 aliphatic carbocycles. The van der Waals surface area contributed by atoms with Crippen LogP contribution in [0.3, 0.4) is 0 Å². The van der Waals surface area contributed by atoms with Crippen LogP contribution >= 0.6 is 35.3 Å².